The first-order valence-electron chi connectivity index (χ1n) is 8.46. The molecular formula is C19H20FN3O4. The van der Waals surface area contributed by atoms with Crippen molar-refractivity contribution >= 4 is 17.8 Å². The van der Waals surface area contributed by atoms with Gasteiger partial charge in [0.2, 0.25) is 5.91 Å². The summed E-state index contributed by atoms with van der Waals surface area (Å²) in [7, 11) is 0. The average molecular weight is 373 g/mol. The number of carbonyl (C=O) groups excluding carboxylic acids is 3. The van der Waals surface area contributed by atoms with Crippen LogP contribution in [0.15, 0.2) is 40.8 Å². The van der Waals surface area contributed by atoms with E-state index in [2.05, 4.69) is 10.6 Å². The minimum Gasteiger partial charge on any atom is -0.464 e. The summed E-state index contributed by atoms with van der Waals surface area (Å²) >= 11 is 0. The maximum absolute atomic E-state index is 13.1. The smallest absolute Gasteiger partial charge is 0.325 e. The van der Waals surface area contributed by atoms with Gasteiger partial charge in [-0.2, -0.15) is 0 Å². The van der Waals surface area contributed by atoms with Gasteiger partial charge in [-0.05, 0) is 50.6 Å². The quantitative estimate of drug-likeness (QED) is 0.787. The minimum absolute atomic E-state index is 0.407. The fraction of sp³-hybridized carbons (Fsp3) is 0.316. The molecule has 8 heteroatoms. The molecule has 1 aliphatic rings. The molecule has 1 saturated heterocycles. The Labute approximate surface area is 155 Å². The van der Waals surface area contributed by atoms with Crippen molar-refractivity contribution in [2.45, 2.75) is 32.4 Å². The molecule has 2 N–H and O–H groups in total. The molecule has 7 nitrogen and oxygen atoms in total. The molecule has 27 heavy (non-hydrogen) atoms. The number of urea groups is 1. The Morgan fingerprint density at radius 1 is 1.26 bits per heavy atom. The van der Waals surface area contributed by atoms with E-state index in [1.165, 1.54) is 31.2 Å². The number of rotatable bonds is 5. The van der Waals surface area contributed by atoms with Gasteiger partial charge in [0.05, 0.1) is 6.04 Å². The van der Waals surface area contributed by atoms with Crippen molar-refractivity contribution in [3.05, 3.63) is 59.3 Å². The van der Waals surface area contributed by atoms with Gasteiger partial charge >= 0.3 is 6.03 Å². The maximum Gasteiger partial charge on any atom is 0.325 e. The van der Waals surface area contributed by atoms with Crippen molar-refractivity contribution in [2.75, 3.05) is 6.54 Å². The Hall–Kier alpha value is -3.16. The Balaban J connectivity index is 1.70. The third-order valence-electron chi connectivity index (χ3n) is 4.56. The molecule has 2 atom stereocenters. The van der Waals surface area contributed by atoms with Gasteiger partial charge in [0.15, 0.2) is 0 Å². The summed E-state index contributed by atoms with van der Waals surface area (Å²) in [5.41, 5.74) is -0.918. The molecule has 3 rings (SSSR count). The zero-order valence-corrected chi connectivity index (χ0v) is 15.2. The third-order valence-corrected chi connectivity index (χ3v) is 4.56. The monoisotopic (exact) mass is 373 g/mol. The molecule has 0 saturated carbocycles. The van der Waals surface area contributed by atoms with Crippen molar-refractivity contribution in [1.82, 2.24) is 15.5 Å². The van der Waals surface area contributed by atoms with E-state index >= 15 is 0 Å². The van der Waals surface area contributed by atoms with Gasteiger partial charge in [0.1, 0.15) is 29.4 Å². The van der Waals surface area contributed by atoms with E-state index in [1.807, 2.05) is 0 Å². The maximum atomic E-state index is 13.1. The molecular weight excluding hydrogens is 353 g/mol. The topological polar surface area (TPSA) is 91.7 Å². The van der Waals surface area contributed by atoms with Crippen LogP contribution < -0.4 is 10.6 Å². The minimum atomic E-state index is -1.35. The molecule has 1 aromatic heterocycles. The average Bonchev–Trinajstić information content (AvgIpc) is 3.13. The standard InChI is InChI=1S/C19H20FN3O4/c1-11-4-9-15(27-11)12(2)21-16(24)10-23-17(25)19(3,22-18(23)26)13-5-7-14(20)8-6-13/h4-9,12H,10H2,1-3H3,(H,21,24)(H,22,26). The van der Waals surface area contributed by atoms with Gasteiger partial charge < -0.3 is 15.1 Å². The Bertz CT molecular complexity index is 893. The van der Waals surface area contributed by atoms with Crippen LogP contribution in [0.2, 0.25) is 0 Å². The van der Waals surface area contributed by atoms with Crippen LogP contribution >= 0.6 is 0 Å². The van der Waals surface area contributed by atoms with Crippen molar-refractivity contribution in [2.24, 2.45) is 0 Å². The molecule has 4 amide bonds. The van der Waals surface area contributed by atoms with E-state index in [4.69, 9.17) is 4.42 Å². The molecule has 2 aromatic rings. The Kier molecular flexibility index (Phi) is 4.73. The second kappa shape index (κ2) is 6.86. The van der Waals surface area contributed by atoms with Crippen LogP contribution in [0.1, 0.15) is 37.0 Å². The second-order valence-electron chi connectivity index (χ2n) is 6.69. The molecule has 2 unspecified atom stereocenters. The number of hydrogen-bond donors (Lipinski definition) is 2. The molecule has 0 aliphatic carbocycles. The second-order valence-corrected chi connectivity index (χ2v) is 6.69. The highest BCUT2D eigenvalue weighted by atomic mass is 19.1. The predicted octanol–water partition coefficient (Wildman–Crippen LogP) is 2.37. The summed E-state index contributed by atoms with van der Waals surface area (Å²) in [6, 6.07) is 7.73. The number of nitrogens with zero attached hydrogens (tertiary/aromatic N) is 1. The lowest BCUT2D eigenvalue weighted by molar-refractivity contribution is -0.135. The van der Waals surface area contributed by atoms with Crippen LogP contribution in [0.25, 0.3) is 0 Å². The number of hydrogen-bond acceptors (Lipinski definition) is 4. The van der Waals surface area contributed by atoms with Crippen LogP contribution in [0.5, 0.6) is 0 Å². The highest BCUT2D eigenvalue weighted by Crippen LogP contribution is 2.28. The lowest BCUT2D eigenvalue weighted by Gasteiger charge is -2.22. The molecule has 1 aromatic carbocycles. The first kappa shape index (κ1) is 18.6. The predicted molar refractivity (Wildman–Crippen MR) is 94.0 cm³/mol. The Morgan fingerprint density at radius 3 is 2.52 bits per heavy atom. The number of benzene rings is 1. The summed E-state index contributed by atoms with van der Waals surface area (Å²) in [4.78, 5) is 38.2. The van der Waals surface area contributed by atoms with E-state index < -0.39 is 41.8 Å². The number of amides is 4. The van der Waals surface area contributed by atoms with Gasteiger partial charge in [0.25, 0.3) is 5.91 Å². The van der Waals surface area contributed by atoms with Crippen LogP contribution in [-0.2, 0) is 15.1 Å². The third kappa shape index (κ3) is 3.55. The summed E-state index contributed by atoms with van der Waals surface area (Å²) < 4.78 is 18.6. The molecule has 142 valence electrons. The molecule has 0 radical (unpaired) electrons. The van der Waals surface area contributed by atoms with Gasteiger partial charge in [0, 0.05) is 0 Å². The van der Waals surface area contributed by atoms with Crippen molar-refractivity contribution < 1.29 is 23.2 Å². The number of aryl methyl sites for hydroxylation is 1. The van der Waals surface area contributed by atoms with E-state index in [0.717, 1.165) is 10.7 Å². The number of halogens is 1. The zero-order valence-electron chi connectivity index (χ0n) is 15.2. The van der Waals surface area contributed by atoms with Gasteiger partial charge in [-0.1, -0.05) is 12.1 Å². The first-order chi connectivity index (χ1) is 12.7. The first-order valence-corrected chi connectivity index (χ1v) is 8.46. The van der Waals surface area contributed by atoms with E-state index in [9.17, 15) is 18.8 Å². The number of carbonyl (C=O) groups is 3. The fourth-order valence-corrected chi connectivity index (χ4v) is 3.01. The fourth-order valence-electron chi connectivity index (χ4n) is 3.01. The van der Waals surface area contributed by atoms with E-state index in [1.54, 1.807) is 26.0 Å². The molecule has 2 heterocycles. The van der Waals surface area contributed by atoms with Crippen molar-refractivity contribution in [3.63, 3.8) is 0 Å². The summed E-state index contributed by atoms with van der Waals surface area (Å²) in [6.07, 6.45) is 0. The van der Waals surface area contributed by atoms with Gasteiger partial charge in [-0.15, -0.1) is 0 Å². The SMILES string of the molecule is Cc1ccc(C(C)NC(=O)CN2C(=O)NC(C)(c3ccc(F)cc3)C2=O)o1. The van der Waals surface area contributed by atoms with Crippen LogP contribution in [0.4, 0.5) is 9.18 Å². The summed E-state index contributed by atoms with van der Waals surface area (Å²) in [5, 5.41) is 5.27. The van der Waals surface area contributed by atoms with Gasteiger partial charge in [-0.25, -0.2) is 9.18 Å². The lowest BCUT2D eigenvalue weighted by atomic mass is 9.92. The van der Waals surface area contributed by atoms with Crippen LogP contribution in [0.3, 0.4) is 0 Å². The molecule has 0 bridgehead atoms. The number of furan rings is 1. The molecule has 1 fully saturated rings. The number of imide groups is 1. The largest absolute Gasteiger partial charge is 0.464 e. The van der Waals surface area contributed by atoms with E-state index in [0.29, 0.717) is 11.3 Å². The zero-order chi connectivity index (χ0) is 19.8. The molecule has 1 aliphatic heterocycles. The Morgan fingerprint density at radius 2 is 1.93 bits per heavy atom. The van der Waals surface area contributed by atoms with Crippen LogP contribution in [-0.4, -0.2) is 29.3 Å². The normalized spacial score (nSPS) is 20.5. The number of nitrogens with one attached hydrogen (secondary N) is 2. The van der Waals surface area contributed by atoms with Crippen molar-refractivity contribution in [3.8, 4) is 0 Å². The van der Waals surface area contributed by atoms with E-state index in [-0.39, 0.29) is 0 Å². The highest BCUT2D eigenvalue weighted by Gasteiger charge is 2.49. The summed E-state index contributed by atoms with van der Waals surface area (Å²) in [5.74, 6) is -0.221. The van der Waals surface area contributed by atoms with Gasteiger partial charge in [-0.3, -0.25) is 14.5 Å². The molecule has 0 spiro atoms. The highest BCUT2D eigenvalue weighted by molar-refractivity contribution is 6.09. The lowest BCUT2D eigenvalue weighted by Crippen LogP contribution is -2.43. The van der Waals surface area contributed by atoms with Crippen LogP contribution in [0, 0.1) is 12.7 Å². The van der Waals surface area contributed by atoms with Crippen molar-refractivity contribution in [1.29, 1.82) is 0 Å². The summed E-state index contributed by atoms with van der Waals surface area (Å²) in [6.45, 7) is 4.63.